The first kappa shape index (κ1) is 24.3. The molecule has 1 aromatic heterocycles. The highest BCUT2D eigenvalue weighted by atomic mass is 16.6. The molecule has 3 aromatic rings. The van der Waals surface area contributed by atoms with E-state index in [0.717, 1.165) is 11.1 Å². The molecule has 0 aliphatic carbocycles. The Morgan fingerprint density at radius 2 is 1.94 bits per heavy atom. The lowest BCUT2D eigenvalue weighted by atomic mass is 9.85. The third kappa shape index (κ3) is 3.67. The molecule has 2 aliphatic rings. The summed E-state index contributed by atoms with van der Waals surface area (Å²) in [6.45, 7) is 13.2. The third-order valence-corrected chi connectivity index (χ3v) is 7.18. The fourth-order valence-corrected chi connectivity index (χ4v) is 5.26. The second kappa shape index (κ2) is 8.35. The van der Waals surface area contributed by atoms with Crippen LogP contribution < -0.4 is 10.2 Å². The van der Waals surface area contributed by atoms with E-state index in [9.17, 15) is 14.7 Å². The van der Waals surface area contributed by atoms with Crippen molar-refractivity contribution in [3.8, 4) is 11.5 Å². The van der Waals surface area contributed by atoms with Gasteiger partial charge in [-0.2, -0.15) is 0 Å². The fraction of sp³-hybridized carbons (Fsp3) is 0.429. The number of hydrogen-bond donors (Lipinski definition) is 1. The summed E-state index contributed by atoms with van der Waals surface area (Å²) in [5, 5.41) is 11.0. The maximum absolute atomic E-state index is 14.1. The van der Waals surface area contributed by atoms with Gasteiger partial charge in [-0.05, 0) is 51.5 Å². The zero-order valence-electron chi connectivity index (χ0n) is 21.3. The minimum atomic E-state index is -0.788. The molecule has 8 heteroatoms. The zero-order valence-corrected chi connectivity index (χ0v) is 21.3. The van der Waals surface area contributed by atoms with Crippen molar-refractivity contribution in [3.05, 3.63) is 57.3 Å². The van der Waals surface area contributed by atoms with Crippen LogP contribution in [-0.2, 0) is 19.0 Å². The maximum atomic E-state index is 14.1. The van der Waals surface area contributed by atoms with E-state index in [1.54, 1.807) is 19.2 Å². The molecule has 0 amide bonds. The molecule has 2 aromatic carbocycles. The van der Waals surface area contributed by atoms with Crippen LogP contribution in [0.4, 0.5) is 0 Å². The average molecular weight is 495 g/mol. The molecule has 3 heterocycles. The van der Waals surface area contributed by atoms with Gasteiger partial charge in [0, 0.05) is 19.6 Å². The molecule has 1 saturated heterocycles. The quantitative estimate of drug-likeness (QED) is 0.228. The first-order chi connectivity index (χ1) is 17.0. The van der Waals surface area contributed by atoms with E-state index in [0.29, 0.717) is 22.5 Å². The molecule has 0 unspecified atom stereocenters. The Kier molecular flexibility index (Phi) is 5.65. The summed E-state index contributed by atoms with van der Waals surface area (Å²) in [4.78, 5) is 26.1. The summed E-state index contributed by atoms with van der Waals surface area (Å²) in [5.74, 6) is -0.592. The van der Waals surface area contributed by atoms with Gasteiger partial charge in [0.15, 0.2) is 0 Å². The van der Waals surface area contributed by atoms with E-state index in [1.165, 1.54) is 13.0 Å². The second-order valence-corrected chi connectivity index (χ2v) is 10.2. The van der Waals surface area contributed by atoms with Gasteiger partial charge in [0.1, 0.15) is 46.4 Å². The van der Waals surface area contributed by atoms with Crippen LogP contribution in [0.5, 0.6) is 11.5 Å². The van der Waals surface area contributed by atoms with Crippen molar-refractivity contribution in [3.63, 3.8) is 0 Å². The van der Waals surface area contributed by atoms with Crippen LogP contribution in [0.2, 0.25) is 0 Å². The smallest absolute Gasteiger partial charge is 0.303 e. The van der Waals surface area contributed by atoms with Gasteiger partial charge in [0.2, 0.25) is 5.43 Å². The van der Waals surface area contributed by atoms with Gasteiger partial charge in [0.05, 0.1) is 29.1 Å². The van der Waals surface area contributed by atoms with Gasteiger partial charge in [-0.15, -0.1) is 0 Å². The van der Waals surface area contributed by atoms with Crippen molar-refractivity contribution in [2.75, 3.05) is 13.7 Å². The molecule has 4 atom stereocenters. The van der Waals surface area contributed by atoms with E-state index >= 15 is 0 Å². The minimum absolute atomic E-state index is 0.0191. The number of epoxide rings is 1. The molecule has 1 fully saturated rings. The van der Waals surface area contributed by atoms with Gasteiger partial charge in [0.25, 0.3) is 0 Å². The fourth-order valence-electron chi connectivity index (χ4n) is 5.26. The molecule has 0 bridgehead atoms. The molecule has 36 heavy (non-hydrogen) atoms. The minimum Gasteiger partial charge on any atom is -0.507 e. The highest BCUT2D eigenvalue weighted by Crippen LogP contribution is 2.49. The molecule has 1 N–H and O–H groups in total. The summed E-state index contributed by atoms with van der Waals surface area (Å²) in [6, 6.07) is 4.87. The Labute approximate surface area is 208 Å². The Hall–Kier alpha value is -3.36. The van der Waals surface area contributed by atoms with Gasteiger partial charge in [-0.1, -0.05) is 12.2 Å². The van der Waals surface area contributed by atoms with Crippen LogP contribution in [0.25, 0.3) is 21.9 Å². The number of hydrogen-bond acceptors (Lipinski definition) is 8. The second-order valence-electron chi connectivity index (χ2n) is 10.2. The van der Waals surface area contributed by atoms with Crippen LogP contribution in [0.15, 0.2) is 39.6 Å². The Morgan fingerprint density at radius 3 is 2.53 bits per heavy atom. The van der Waals surface area contributed by atoms with Crippen LogP contribution in [-0.4, -0.2) is 36.5 Å². The molecule has 5 rings (SSSR count). The predicted octanol–water partition coefficient (Wildman–Crippen LogP) is 5.01. The summed E-state index contributed by atoms with van der Waals surface area (Å²) >= 11 is 0. The summed E-state index contributed by atoms with van der Waals surface area (Å²) in [7, 11) is 1.57. The highest BCUT2D eigenvalue weighted by Gasteiger charge is 2.54. The number of aryl methyl sites for hydroxylation is 1. The molecule has 8 nitrogen and oxygen atoms in total. The lowest BCUT2D eigenvalue weighted by molar-refractivity contribution is -0.150. The number of esters is 1. The number of benzene rings is 2. The van der Waals surface area contributed by atoms with Crippen LogP contribution >= 0.6 is 0 Å². The van der Waals surface area contributed by atoms with Crippen molar-refractivity contribution in [1.29, 1.82) is 0 Å². The number of methoxy groups -OCH3 is 1. The number of carbonyl (C=O) groups is 1. The summed E-state index contributed by atoms with van der Waals surface area (Å²) in [5.41, 5.74) is 2.20. The number of phenols is 1. The summed E-state index contributed by atoms with van der Waals surface area (Å²) < 4.78 is 29.7. The maximum Gasteiger partial charge on any atom is 0.303 e. The standard InChI is InChI=1S/C28H30O8/c1-12(2)16-11-33-23-13(3)10-18-20(21(23)25(16)34-14(4)29)22(31)19-17(30)9-8-15(24(19)35-18)26(32-7)27-28(5,6)36-27/h8-10,16,25-27,30H,1,11H2,2-7H3/t16-,25-,26+,27+/m1/s1. The topological polar surface area (TPSA) is 108 Å². The number of aromatic hydroxyl groups is 1. The van der Waals surface area contributed by atoms with Crippen molar-refractivity contribution in [1.82, 2.24) is 0 Å². The van der Waals surface area contributed by atoms with Crippen molar-refractivity contribution in [2.45, 2.75) is 58.5 Å². The van der Waals surface area contributed by atoms with E-state index in [-0.39, 0.29) is 46.3 Å². The molecule has 190 valence electrons. The Morgan fingerprint density at radius 1 is 1.25 bits per heavy atom. The number of ether oxygens (including phenoxy) is 4. The predicted molar refractivity (Wildman–Crippen MR) is 133 cm³/mol. The van der Waals surface area contributed by atoms with Gasteiger partial charge in [-0.3, -0.25) is 9.59 Å². The lowest BCUT2D eigenvalue weighted by Crippen LogP contribution is -2.31. The van der Waals surface area contributed by atoms with E-state index < -0.39 is 23.6 Å². The van der Waals surface area contributed by atoms with E-state index in [2.05, 4.69) is 6.58 Å². The average Bonchev–Trinajstić information content (AvgIpc) is 3.42. The molecule has 2 aliphatic heterocycles. The zero-order chi connectivity index (χ0) is 26.1. The molecule has 0 saturated carbocycles. The molecular weight excluding hydrogens is 464 g/mol. The lowest BCUT2D eigenvalue weighted by Gasteiger charge is -2.34. The van der Waals surface area contributed by atoms with Gasteiger partial charge >= 0.3 is 5.97 Å². The first-order valence-electron chi connectivity index (χ1n) is 11.9. The van der Waals surface area contributed by atoms with Crippen molar-refractivity contribution in [2.24, 2.45) is 5.92 Å². The highest BCUT2D eigenvalue weighted by molar-refractivity contribution is 5.97. The van der Waals surface area contributed by atoms with E-state index in [4.69, 9.17) is 23.4 Å². The van der Waals surface area contributed by atoms with Crippen molar-refractivity contribution < 1.29 is 33.3 Å². The molecule has 0 spiro atoms. The SMILES string of the molecule is C=C(C)[C@H]1COc2c(C)cc3oc4c([C@H](OC)[C@@H]5OC5(C)C)ccc(O)c4c(=O)c3c2[C@@H]1OC(C)=O. The summed E-state index contributed by atoms with van der Waals surface area (Å²) in [6.07, 6.45) is -1.53. The molecular formula is C28H30O8. The monoisotopic (exact) mass is 494 g/mol. The molecule has 0 radical (unpaired) electrons. The normalized spacial score (nSPS) is 23.1. The van der Waals surface area contributed by atoms with Gasteiger partial charge < -0.3 is 28.5 Å². The van der Waals surface area contributed by atoms with Crippen LogP contribution in [0.3, 0.4) is 0 Å². The number of phenolic OH excluding ortho intramolecular Hbond substituents is 1. The Balaban J connectivity index is 1.84. The third-order valence-electron chi connectivity index (χ3n) is 7.18. The first-order valence-corrected chi connectivity index (χ1v) is 11.9. The van der Waals surface area contributed by atoms with E-state index in [1.807, 2.05) is 27.7 Å². The van der Waals surface area contributed by atoms with Crippen LogP contribution in [0.1, 0.15) is 56.6 Å². The van der Waals surface area contributed by atoms with Gasteiger partial charge in [-0.25, -0.2) is 0 Å². The largest absolute Gasteiger partial charge is 0.507 e. The van der Waals surface area contributed by atoms with Crippen molar-refractivity contribution >= 4 is 27.9 Å². The number of carbonyl (C=O) groups excluding carboxylic acids is 1. The Bertz CT molecular complexity index is 1480. The number of fused-ring (bicyclic) bond motifs is 4. The number of rotatable bonds is 5. The van der Waals surface area contributed by atoms with Crippen LogP contribution in [0, 0.1) is 12.8 Å².